The van der Waals surface area contributed by atoms with Gasteiger partial charge in [-0.2, -0.15) is 0 Å². The predicted octanol–water partition coefficient (Wildman–Crippen LogP) is 2.99. The Morgan fingerprint density at radius 2 is 2.29 bits per heavy atom. The number of anilines is 1. The number of aromatic carboxylic acids is 1. The van der Waals surface area contributed by atoms with Crippen LogP contribution >= 0.6 is 0 Å². The van der Waals surface area contributed by atoms with Crippen LogP contribution in [0.3, 0.4) is 0 Å². The highest BCUT2D eigenvalue weighted by Gasteiger charge is 2.19. The van der Waals surface area contributed by atoms with Gasteiger partial charge in [-0.3, -0.25) is 0 Å². The Morgan fingerprint density at radius 3 is 2.94 bits per heavy atom. The van der Waals surface area contributed by atoms with Crippen molar-refractivity contribution in [2.75, 3.05) is 18.0 Å². The summed E-state index contributed by atoms with van der Waals surface area (Å²) in [7, 11) is 0. The van der Waals surface area contributed by atoms with Crippen molar-refractivity contribution in [3.05, 3.63) is 17.9 Å². The highest BCUT2D eigenvalue weighted by molar-refractivity contribution is 5.84. The van der Waals surface area contributed by atoms with E-state index in [2.05, 4.69) is 11.8 Å². The van der Waals surface area contributed by atoms with Crippen LogP contribution in [0.15, 0.2) is 16.5 Å². The Labute approximate surface area is 101 Å². The molecule has 94 valence electrons. The molecular weight excluding hydrogens is 218 g/mol. The van der Waals surface area contributed by atoms with Crippen LogP contribution in [0, 0.1) is 5.92 Å². The number of rotatable bonds is 3. The van der Waals surface area contributed by atoms with Crippen molar-refractivity contribution < 1.29 is 14.3 Å². The zero-order valence-corrected chi connectivity index (χ0v) is 10.2. The molecule has 1 aliphatic heterocycles. The van der Waals surface area contributed by atoms with E-state index in [1.807, 2.05) is 0 Å². The van der Waals surface area contributed by atoms with Crippen molar-refractivity contribution in [2.45, 2.75) is 32.6 Å². The van der Waals surface area contributed by atoms with E-state index in [9.17, 15) is 4.79 Å². The van der Waals surface area contributed by atoms with E-state index >= 15 is 0 Å². The van der Waals surface area contributed by atoms with Gasteiger partial charge in [0.1, 0.15) is 0 Å². The van der Waals surface area contributed by atoms with Gasteiger partial charge in [-0.1, -0.05) is 13.3 Å². The van der Waals surface area contributed by atoms with Gasteiger partial charge in [0, 0.05) is 19.2 Å². The van der Waals surface area contributed by atoms with Gasteiger partial charge in [0.25, 0.3) is 0 Å². The van der Waals surface area contributed by atoms with Crippen LogP contribution in [0.2, 0.25) is 0 Å². The summed E-state index contributed by atoms with van der Waals surface area (Å²) in [6.45, 7) is 4.16. The van der Waals surface area contributed by atoms with Crippen LogP contribution in [0.1, 0.15) is 43.2 Å². The van der Waals surface area contributed by atoms with E-state index in [0.717, 1.165) is 25.4 Å². The lowest BCUT2D eigenvalue weighted by Crippen LogP contribution is -2.23. The van der Waals surface area contributed by atoms with Gasteiger partial charge in [0.2, 0.25) is 5.76 Å². The number of carboxylic acid groups (broad SMARTS) is 1. The first kappa shape index (κ1) is 12.0. The number of carbonyl (C=O) groups is 1. The van der Waals surface area contributed by atoms with Crippen molar-refractivity contribution in [3.8, 4) is 0 Å². The molecule has 1 saturated heterocycles. The minimum absolute atomic E-state index is 0.0243. The fraction of sp³-hybridized carbons (Fsp3) is 0.615. The van der Waals surface area contributed by atoms with Crippen molar-refractivity contribution in [3.63, 3.8) is 0 Å². The third-order valence-electron chi connectivity index (χ3n) is 3.54. The summed E-state index contributed by atoms with van der Waals surface area (Å²) < 4.78 is 5.34. The molecular formula is C13H19NO3. The van der Waals surface area contributed by atoms with Gasteiger partial charge < -0.3 is 14.4 Å². The molecule has 0 radical (unpaired) electrons. The highest BCUT2D eigenvalue weighted by Crippen LogP contribution is 2.25. The molecule has 4 heteroatoms. The number of hydrogen-bond donors (Lipinski definition) is 1. The topological polar surface area (TPSA) is 53.7 Å². The van der Waals surface area contributed by atoms with Crippen molar-refractivity contribution in [2.24, 2.45) is 5.92 Å². The second kappa shape index (κ2) is 5.25. The second-order valence-corrected chi connectivity index (χ2v) is 4.64. The summed E-state index contributed by atoms with van der Waals surface area (Å²) in [5.41, 5.74) is 0. The number of furan rings is 1. The fourth-order valence-corrected chi connectivity index (χ4v) is 2.41. The smallest absolute Gasteiger partial charge is 0.371 e. The number of hydrogen-bond acceptors (Lipinski definition) is 3. The molecule has 17 heavy (non-hydrogen) atoms. The molecule has 1 fully saturated rings. The minimum Gasteiger partial charge on any atom is -0.475 e. The Kier molecular flexibility index (Phi) is 3.71. The molecule has 0 spiro atoms. The van der Waals surface area contributed by atoms with Crippen LogP contribution in [-0.2, 0) is 0 Å². The average molecular weight is 237 g/mol. The van der Waals surface area contributed by atoms with E-state index in [-0.39, 0.29) is 5.76 Å². The fourth-order valence-electron chi connectivity index (χ4n) is 2.41. The van der Waals surface area contributed by atoms with E-state index in [1.54, 1.807) is 6.07 Å². The third-order valence-corrected chi connectivity index (χ3v) is 3.54. The zero-order chi connectivity index (χ0) is 12.3. The minimum atomic E-state index is -1.00. The Bertz CT molecular complexity index is 386. The van der Waals surface area contributed by atoms with Crippen molar-refractivity contribution in [1.29, 1.82) is 0 Å². The first-order valence-corrected chi connectivity index (χ1v) is 6.28. The molecule has 0 aliphatic carbocycles. The largest absolute Gasteiger partial charge is 0.475 e. The van der Waals surface area contributed by atoms with E-state index in [0.29, 0.717) is 5.88 Å². The van der Waals surface area contributed by atoms with Crippen LogP contribution in [0.4, 0.5) is 5.88 Å². The maximum absolute atomic E-state index is 10.8. The zero-order valence-electron chi connectivity index (χ0n) is 10.2. The molecule has 0 bridgehead atoms. The van der Waals surface area contributed by atoms with Crippen LogP contribution in [-0.4, -0.2) is 24.2 Å². The molecule has 1 aromatic rings. The number of nitrogens with zero attached hydrogens (tertiary/aromatic N) is 1. The second-order valence-electron chi connectivity index (χ2n) is 4.64. The molecule has 0 saturated carbocycles. The van der Waals surface area contributed by atoms with Gasteiger partial charge in [-0.15, -0.1) is 0 Å². The Balaban J connectivity index is 2.03. The lowest BCUT2D eigenvalue weighted by molar-refractivity contribution is 0.0663. The summed E-state index contributed by atoms with van der Waals surface area (Å²) >= 11 is 0. The van der Waals surface area contributed by atoms with Gasteiger partial charge in [0.05, 0.1) is 0 Å². The molecule has 0 aromatic carbocycles. The monoisotopic (exact) mass is 237 g/mol. The third kappa shape index (κ3) is 2.81. The number of carboxylic acids is 1. The van der Waals surface area contributed by atoms with E-state index in [1.165, 1.54) is 25.3 Å². The van der Waals surface area contributed by atoms with Crippen molar-refractivity contribution >= 4 is 11.9 Å². The molecule has 0 amide bonds. The quantitative estimate of drug-likeness (QED) is 0.878. The van der Waals surface area contributed by atoms with E-state index in [4.69, 9.17) is 9.52 Å². The summed E-state index contributed by atoms with van der Waals surface area (Å²) in [4.78, 5) is 12.9. The van der Waals surface area contributed by atoms with Gasteiger partial charge in [-0.05, 0) is 31.2 Å². The maximum atomic E-state index is 10.8. The summed E-state index contributed by atoms with van der Waals surface area (Å²) in [5.74, 6) is 0.516. The first-order valence-electron chi connectivity index (χ1n) is 6.28. The molecule has 1 N–H and O–H groups in total. The Hall–Kier alpha value is -1.45. The van der Waals surface area contributed by atoms with Gasteiger partial charge in [0.15, 0.2) is 5.88 Å². The average Bonchev–Trinajstić information content (AvgIpc) is 2.68. The van der Waals surface area contributed by atoms with Gasteiger partial charge in [-0.25, -0.2) is 4.79 Å². The SMILES string of the molecule is CCC1CCCN(c2ccc(C(=O)O)o2)CC1. The maximum Gasteiger partial charge on any atom is 0.371 e. The molecule has 1 atom stereocenters. The molecule has 1 unspecified atom stereocenters. The van der Waals surface area contributed by atoms with Crippen LogP contribution < -0.4 is 4.90 Å². The predicted molar refractivity (Wildman–Crippen MR) is 65.5 cm³/mol. The molecule has 1 aromatic heterocycles. The Morgan fingerprint density at radius 1 is 1.47 bits per heavy atom. The standard InChI is InChI=1S/C13H19NO3/c1-2-10-4-3-8-14(9-7-10)12-6-5-11(17-12)13(15)16/h5-6,10H,2-4,7-9H2,1H3,(H,15,16). The summed E-state index contributed by atoms with van der Waals surface area (Å²) in [5, 5.41) is 8.82. The summed E-state index contributed by atoms with van der Waals surface area (Å²) in [6, 6.07) is 3.29. The molecule has 2 heterocycles. The molecule has 1 aliphatic rings. The van der Waals surface area contributed by atoms with Gasteiger partial charge >= 0.3 is 5.97 Å². The lowest BCUT2D eigenvalue weighted by Gasteiger charge is -2.19. The first-order chi connectivity index (χ1) is 8.20. The summed E-state index contributed by atoms with van der Waals surface area (Å²) in [6.07, 6.45) is 4.81. The van der Waals surface area contributed by atoms with Crippen molar-refractivity contribution in [1.82, 2.24) is 0 Å². The van der Waals surface area contributed by atoms with Crippen LogP contribution in [0.5, 0.6) is 0 Å². The lowest BCUT2D eigenvalue weighted by atomic mass is 9.98. The highest BCUT2D eigenvalue weighted by atomic mass is 16.4. The normalized spacial score (nSPS) is 21.2. The molecule has 4 nitrogen and oxygen atoms in total. The molecule has 2 rings (SSSR count). The van der Waals surface area contributed by atoms with Crippen LogP contribution in [0.25, 0.3) is 0 Å². The van der Waals surface area contributed by atoms with E-state index < -0.39 is 5.97 Å².